The van der Waals surface area contributed by atoms with Gasteiger partial charge in [0.25, 0.3) is 0 Å². The lowest BCUT2D eigenvalue weighted by Gasteiger charge is -2.20. The van der Waals surface area contributed by atoms with Crippen molar-refractivity contribution in [3.63, 3.8) is 0 Å². The summed E-state index contributed by atoms with van der Waals surface area (Å²) in [5.74, 6) is 0. The summed E-state index contributed by atoms with van der Waals surface area (Å²) < 4.78 is 1.14. The van der Waals surface area contributed by atoms with Crippen LogP contribution in [0, 0.1) is 6.92 Å². The van der Waals surface area contributed by atoms with Gasteiger partial charge in [-0.15, -0.1) is 0 Å². The molecule has 0 saturated carbocycles. The molecule has 21 heavy (non-hydrogen) atoms. The summed E-state index contributed by atoms with van der Waals surface area (Å²) in [5.41, 5.74) is 3.76. The maximum Gasteiger partial charge on any atom is 0.0581 e. The van der Waals surface area contributed by atoms with E-state index in [4.69, 9.17) is 0 Å². The zero-order chi connectivity index (χ0) is 14.8. The van der Waals surface area contributed by atoms with Crippen molar-refractivity contribution in [3.8, 4) is 0 Å². The lowest BCUT2D eigenvalue weighted by Crippen LogP contribution is -2.18. The van der Waals surface area contributed by atoms with E-state index >= 15 is 0 Å². The Morgan fingerprint density at radius 1 is 1.14 bits per heavy atom. The number of fused-ring (bicyclic) bond motifs is 1. The van der Waals surface area contributed by atoms with Crippen molar-refractivity contribution in [2.75, 3.05) is 7.05 Å². The first-order chi connectivity index (χ1) is 10.2. The minimum absolute atomic E-state index is 0.157. The summed E-state index contributed by atoms with van der Waals surface area (Å²) in [7, 11) is 2.00. The Morgan fingerprint density at radius 3 is 2.76 bits per heavy atom. The fourth-order valence-electron chi connectivity index (χ4n) is 2.74. The fraction of sp³-hybridized carbons (Fsp3) is 0.167. The molecule has 0 aliphatic rings. The van der Waals surface area contributed by atoms with Gasteiger partial charge >= 0.3 is 0 Å². The number of nitrogens with zero attached hydrogens (tertiary/aromatic N) is 1. The van der Waals surface area contributed by atoms with E-state index in [0.717, 1.165) is 4.47 Å². The summed E-state index contributed by atoms with van der Waals surface area (Å²) in [6.45, 7) is 2.12. The molecule has 2 nitrogen and oxygen atoms in total. The molecule has 2 aromatic carbocycles. The minimum atomic E-state index is 0.157. The number of aryl methyl sites for hydroxylation is 1. The molecule has 0 bridgehead atoms. The number of hydrogen-bond donors (Lipinski definition) is 1. The van der Waals surface area contributed by atoms with Crippen LogP contribution in [0.15, 0.2) is 59.3 Å². The quantitative estimate of drug-likeness (QED) is 0.752. The van der Waals surface area contributed by atoms with Crippen molar-refractivity contribution >= 4 is 26.7 Å². The third kappa shape index (κ3) is 2.71. The van der Waals surface area contributed by atoms with Gasteiger partial charge in [0.1, 0.15) is 0 Å². The lowest BCUT2D eigenvalue weighted by atomic mass is 9.94. The SMILES string of the molecule is CNC(c1ccc(Br)c(C)c1)c1cccc2ccncc12. The average Bonchev–Trinajstić information content (AvgIpc) is 2.52. The minimum Gasteiger partial charge on any atom is -0.309 e. The smallest absolute Gasteiger partial charge is 0.0581 e. The molecule has 1 atom stereocenters. The second-order valence-corrected chi connectivity index (χ2v) is 6.03. The Kier molecular flexibility index (Phi) is 4.04. The highest BCUT2D eigenvalue weighted by Crippen LogP contribution is 2.30. The Morgan fingerprint density at radius 2 is 2.00 bits per heavy atom. The topological polar surface area (TPSA) is 24.9 Å². The van der Waals surface area contributed by atoms with Crippen molar-refractivity contribution in [3.05, 3.63) is 76.0 Å². The number of halogens is 1. The molecular formula is C18H17BrN2. The molecule has 1 heterocycles. The number of benzene rings is 2. The number of pyridine rings is 1. The van der Waals surface area contributed by atoms with Crippen LogP contribution in [0.25, 0.3) is 10.8 Å². The molecule has 0 spiro atoms. The van der Waals surface area contributed by atoms with Gasteiger partial charge < -0.3 is 5.32 Å². The molecule has 3 heteroatoms. The predicted molar refractivity (Wildman–Crippen MR) is 91.5 cm³/mol. The van der Waals surface area contributed by atoms with Crippen LogP contribution in [0.3, 0.4) is 0 Å². The lowest BCUT2D eigenvalue weighted by molar-refractivity contribution is 0.696. The van der Waals surface area contributed by atoms with Gasteiger partial charge in [0, 0.05) is 22.3 Å². The maximum absolute atomic E-state index is 4.28. The summed E-state index contributed by atoms with van der Waals surface area (Å²) in [4.78, 5) is 4.28. The van der Waals surface area contributed by atoms with Crippen LogP contribution < -0.4 is 5.32 Å². The zero-order valence-corrected chi connectivity index (χ0v) is 13.7. The molecule has 0 aliphatic carbocycles. The monoisotopic (exact) mass is 340 g/mol. The Balaban J connectivity index is 2.16. The van der Waals surface area contributed by atoms with Crippen LogP contribution >= 0.6 is 15.9 Å². The van der Waals surface area contributed by atoms with Crippen molar-refractivity contribution in [2.24, 2.45) is 0 Å². The highest BCUT2D eigenvalue weighted by molar-refractivity contribution is 9.10. The molecule has 1 N–H and O–H groups in total. The first-order valence-corrected chi connectivity index (χ1v) is 7.76. The Hall–Kier alpha value is -1.71. The number of rotatable bonds is 3. The molecule has 3 aromatic rings. The van der Waals surface area contributed by atoms with Gasteiger partial charge in [-0.25, -0.2) is 0 Å². The van der Waals surface area contributed by atoms with E-state index < -0.39 is 0 Å². The third-order valence-corrected chi connectivity index (χ3v) is 4.72. The molecule has 0 aliphatic heterocycles. The third-order valence-electron chi connectivity index (χ3n) is 3.83. The zero-order valence-electron chi connectivity index (χ0n) is 12.1. The van der Waals surface area contributed by atoms with E-state index in [1.807, 2.05) is 19.4 Å². The van der Waals surface area contributed by atoms with Crippen molar-refractivity contribution in [2.45, 2.75) is 13.0 Å². The van der Waals surface area contributed by atoms with Crippen molar-refractivity contribution in [1.29, 1.82) is 0 Å². The first kappa shape index (κ1) is 14.2. The van der Waals surface area contributed by atoms with Gasteiger partial charge in [0.05, 0.1) is 6.04 Å². The van der Waals surface area contributed by atoms with Gasteiger partial charge in [-0.3, -0.25) is 4.98 Å². The molecule has 106 valence electrons. The largest absolute Gasteiger partial charge is 0.309 e. The molecule has 0 radical (unpaired) electrons. The van der Waals surface area contributed by atoms with Gasteiger partial charge in [0.15, 0.2) is 0 Å². The number of hydrogen-bond acceptors (Lipinski definition) is 2. The van der Waals surface area contributed by atoms with Gasteiger partial charge in [0.2, 0.25) is 0 Å². The fourth-order valence-corrected chi connectivity index (χ4v) is 2.98. The van der Waals surface area contributed by atoms with Gasteiger partial charge in [-0.05, 0) is 48.2 Å². The van der Waals surface area contributed by atoms with Crippen LogP contribution in [0.5, 0.6) is 0 Å². The van der Waals surface area contributed by atoms with E-state index in [9.17, 15) is 0 Å². The van der Waals surface area contributed by atoms with Crippen LogP contribution in [0.2, 0.25) is 0 Å². The van der Waals surface area contributed by atoms with Crippen LogP contribution in [-0.4, -0.2) is 12.0 Å². The second-order valence-electron chi connectivity index (χ2n) is 5.17. The van der Waals surface area contributed by atoms with E-state index in [1.165, 1.54) is 27.5 Å². The molecule has 1 unspecified atom stereocenters. The van der Waals surface area contributed by atoms with E-state index in [0.29, 0.717) is 0 Å². The van der Waals surface area contributed by atoms with E-state index in [2.05, 4.69) is 75.6 Å². The van der Waals surface area contributed by atoms with Crippen molar-refractivity contribution in [1.82, 2.24) is 10.3 Å². The second kappa shape index (κ2) is 5.96. The Bertz CT molecular complexity index is 778. The summed E-state index contributed by atoms with van der Waals surface area (Å²) in [6.07, 6.45) is 3.78. The van der Waals surface area contributed by atoms with Gasteiger partial charge in [-0.1, -0.05) is 46.3 Å². The van der Waals surface area contributed by atoms with Crippen LogP contribution in [-0.2, 0) is 0 Å². The number of aromatic nitrogens is 1. The predicted octanol–water partition coefficient (Wildman–Crippen LogP) is 4.61. The molecule has 3 rings (SSSR count). The van der Waals surface area contributed by atoms with Crippen LogP contribution in [0.4, 0.5) is 0 Å². The van der Waals surface area contributed by atoms with Crippen molar-refractivity contribution < 1.29 is 0 Å². The van der Waals surface area contributed by atoms with Gasteiger partial charge in [-0.2, -0.15) is 0 Å². The number of nitrogens with one attached hydrogen (secondary N) is 1. The standard InChI is InChI=1S/C18H17BrN2/c1-12-10-14(6-7-17(12)19)18(20-2)15-5-3-4-13-8-9-21-11-16(13)15/h3-11,18,20H,1-2H3. The molecule has 0 amide bonds. The summed E-state index contributed by atoms with van der Waals surface area (Å²) in [5, 5.41) is 5.84. The summed E-state index contributed by atoms with van der Waals surface area (Å²) >= 11 is 3.57. The van der Waals surface area contributed by atoms with Crippen LogP contribution in [0.1, 0.15) is 22.7 Å². The average molecular weight is 341 g/mol. The molecule has 0 saturated heterocycles. The molecule has 1 aromatic heterocycles. The summed E-state index contributed by atoms with van der Waals surface area (Å²) in [6, 6.07) is 15.1. The molecular weight excluding hydrogens is 324 g/mol. The highest BCUT2D eigenvalue weighted by atomic mass is 79.9. The van der Waals surface area contributed by atoms with E-state index in [-0.39, 0.29) is 6.04 Å². The first-order valence-electron chi connectivity index (χ1n) is 6.96. The Labute approximate surface area is 133 Å². The normalized spacial score (nSPS) is 12.5. The molecule has 0 fully saturated rings. The maximum atomic E-state index is 4.28. The van der Waals surface area contributed by atoms with E-state index in [1.54, 1.807) is 0 Å². The highest BCUT2D eigenvalue weighted by Gasteiger charge is 2.15.